The van der Waals surface area contributed by atoms with Crippen LogP contribution in [0.15, 0.2) is 42.5 Å². The van der Waals surface area contributed by atoms with Crippen molar-refractivity contribution in [2.24, 2.45) is 0 Å². The number of rotatable bonds is 4. The largest absolute Gasteiger partial charge is 0.493 e. The fraction of sp³-hybridized carbons (Fsp3) is 0.105. The number of aromatic amines is 1. The Morgan fingerprint density at radius 2 is 2.04 bits per heavy atom. The molecule has 25 heavy (non-hydrogen) atoms. The lowest BCUT2D eigenvalue weighted by molar-refractivity contribution is -0.132. The van der Waals surface area contributed by atoms with E-state index in [1.807, 2.05) is 24.3 Å². The molecule has 6 nitrogen and oxygen atoms in total. The summed E-state index contributed by atoms with van der Waals surface area (Å²) in [6.45, 7) is 1.32. The van der Waals surface area contributed by atoms with Crippen molar-refractivity contribution >= 4 is 28.7 Å². The van der Waals surface area contributed by atoms with Crippen LogP contribution in [-0.4, -0.2) is 23.0 Å². The van der Waals surface area contributed by atoms with Crippen LogP contribution in [0.4, 0.5) is 0 Å². The number of ether oxygens (including phenoxy) is 2. The molecule has 2 aromatic carbocycles. The number of nitrogens with one attached hydrogen (secondary N) is 1. The predicted octanol–water partition coefficient (Wildman–Crippen LogP) is 3.56. The molecule has 1 heterocycles. The van der Waals surface area contributed by atoms with Crippen LogP contribution in [0.3, 0.4) is 0 Å². The predicted molar refractivity (Wildman–Crippen MR) is 93.9 cm³/mol. The van der Waals surface area contributed by atoms with Crippen molar-refractivity contribution in [2.45, 2.75) is 6.92 Å². The fourth-order valence-corrected chi connectivity index (χ4v) is 2.41. The number of hydrogen-bond donors (Lipinski definition) is 1. The van der Waals surface area contributed by atoms with Gasteiger partial charge in [-0.3, -0.25) is 4.79 Å². The van der Waals surface area contributed by atoms with Gasteiger partial charge in [-0.15, -0.1) is 0 Å². The minimum Gasteiger partial charge on any atom is -0.493 e. The lowest BCUT2D eigenvalue weighted by Gasteiger charge is -2.08. The maximum Gasteiger partial charge on any atom is 0.308 e. The van der Waals surface area contributed by atoms with Crippen molar-refractivity contribution in [3.63, 3.8) is 0 Å². The van der Waals surface area contributed by atoms with Crippen LogP contribution in [0.5, 0.6) is 11.5 Å². The second-order valence-electron chi connectivity index (χ2n) is 5.28. The maximum absolute atomic E-state index is 11.1. The summed E-state index contributed by atoms with van der Waals surface area (Å²) in [5.74, 6) is 0.800. The Kier molecular flexibility index (Phi) is 4.48. The molecule has 0 saturated carbocycles. The number of nitrogens with zero attached hydrogens (tertiary/aromatic N) is 2. The zero-order valence-electron chi connectivity index (χ0n) is 13.7. The summed E-state index contributed by atoms with van der Waals surface area (Å²) in [7, 11) is 1.49. The number of carbonyl (C=O) groups is 1. The summed E-state index contributed by atoms with van der Waals surface area (Å²) in [6.07, 6.45) is 1.69. The smallest absolute Gasteiger partial charge is 0.308 e. The molecule has 3 aromatic rings. The summed E-state index contributed by atoms with van der Waals surface area (Å²) < 4.78 is 10.3. The number of imidazole rings is 1. The summed E-state index contributed by atoms with van der Waals surface area (Å²) in [6, 6.07) is 14.8. The van der Waals surface area contributed by atoms with E-state index < -0.39 is 5.97 Å². The third kappa shape index (κ3) is 3.51. The van der Waals surface area contributed by atoms with Crippen LogP contribution in [-0.2, 0) is 4.79 Å². The minimum absolute atomic E-state index is 0.328. The topological polar surface area (TPSA) is 88.0 Å². The van der Waals surface area contributed by atoms with E-state index in [0.29, 0.717) is 22.9 Å². The molecule has 0 unspecified atom stereocenters. The Bertz CT molecular complexity index is 979. The van der Waals surface area contributed by atoms with E-state index in [2.05, 4.69) is 16.0 Å². The molecule has 0 aliphatic carbocycles. The molecule has 0 spiro atoms. The van der Waals surface area contributed by atoms with Crippen molar-refractivity contribution in [1.29, 1.82) is 5.26 Å². The van der Waals surface area contributed by atoms with Gasteiger partial charge in [0.15, 0.2) is 11.5 Å². The number of carbonyl (C=O) groups excluding carboxylic acids is 1. The van der Waals surface area contributed by atoms with Crippen LogP contribution >= 0.6 is 0 Å². The Morgan fingerprint density at radius 3 is 2.72 bits per heavy atom. The highest BCUT2D eigenvalue weighted by molar-refractivity contribution is 5.90. The molecule has 6 heteroatoms. The lowest BCUT2D eigenvalue weighted by Crippen LogP contribution is -2.03. The number of hydrogen-bond acceptors (Lipinski definition) is 5. The third-order valence-corrected chi connectivity index (χ3v) is 3.52. The van der Waals surface area contributed by atoms with E-state index in [0.717, 1.165) is 16.6 Å². The molecule has 0 atom stereocenters. The molecule has 0 aliphatic heterocycles. The average Bonchev–Trinajstić information content (AvgIpc) is 3.04. The van der Waals surface area contributed by atoms with Crippen molar-refractivity contribution in [1.82, 2.24) is 9.97 Å². The second-order valence-corrected chi connectivity index (χ2v) is 5.28. The summed E-state index contributed by atoms with van der Waals surface area (Å²) in [5, 5.41) is 9.49. The number of aromatic nitrogens is 2. The van der Waals surface area contributed by atoms with Gasteiger partial charge in [0.1, 0.15) is 11.9 Å². The van der Waals surface area contributed by atoms with E-state index >= 15 is 0 Å². The van der Waals surface area contributed by atoms with Gasteiger partial charge in [0, 0.05) is 6.92 Å². The molecule has 0 radical (unpaired) electrons. The third-order valence-electron chi connectivity index (χ3n) is 3.52. The average molecular weight is 333 g/mol. The first-order chi connectivity index (χ1) is 12.1. The van der Waals surface area contributed by atoms with Crippen molar-refractivity contribution in [3.8, 4) is 17.6 Å². The lowest BCUT2D eigenvalue weighted by atomic mass is 10.1. The SMILES string of the molecule is COc1cc(/C=C(/C#N)c2nc3ccccc3[nH]2)ccc1OC(C)=O. The van der Waals surface area contributed by atoms with Gasteiger partial charge in [-0.05, 0) is 35.9 Å². The molecule has 1 aromatic heterocycles. The molecule has 0 fully saturated rings. The van der Waals surface area contributed by atoms with E-state index in [9.17, 15) is 10.1 Å². The second kappa shape index (κ2) is 6.89. The Morgan fingerprint density at radius 1 is 1.24 bits per heavy atom. The normalized spacial score (nSPS) is 11.2. The number of esters is 1. The highest BCUT2D eigenvalue weighted by atomic mass is 16.6. The van der Waals surface area contributed by atoms with Gasteiger partial charge in [-0.2, -0.15) is 5.26 Å². The molecule has 0 saturated heterocycles. The van der Waals surface area contributed by atoms with Crippen LogP contribution in [0.1, 0.15) is 18.3 Å². The number of benzene rings is 2. The summed E-state index contributed by atoms with van der Waals surface area (Å²) in [5.41, 5.74) is 2.77. The van der Waals surface area contributed by atoms with Crippen molar-refractivity contribution in [2.75, 3.05) is 7.11 Å². The van der Waals surface area contributed by atoms with E-state index in [-0.39, 0.29) is 0 Å². The van der Waals surface area contributed by atoms with Gasteiger partial charge in [-0.1, -0.05) is 18.2 Å². The molecular formula is C19H15N3O3. The molecular weight excluding hydrogens is 318 g/mol. The van der Waals surface area contributed by atoms with Crippen LogP contribution in [0, 0.1) is 11.3 Å². The van der Waals surface area contributed by atoms with Crippen LogP contribution in [0.25, 0.3) is 22.7 Å². The molecule has 3 rings (SSSR count). The van der Waals surface area contributed by atoms with Gasteiger partial charge in [-0.25, -0.2) is 4.98 Å². The zero-order chi connectivity index (χ0) is 17.8. The van der Waals surface area contributed by atoms with Gasteiger partial charge < -0.3 is 14.5 Å². The van der Waals surface area contributed by atoms with E-state index in [4.69, 9.17) is 9.47 Å². The van der Waals surface area contributed by atoms with Crippen molar-refractivity contribution in [3.05, 3.63) is 53.9 Å². The first kappa shape index (κ1) is 16.3. The highest BCUT2D eigenvalue weighted by Gasteiger charge is 2.10. The first-order valence-electron chi connectivity index (χ1n) is 7.54. The number of para-hydroxylation sites is 2. The summed E-state index contributed by atoms with van der Waals surface area (Å²) >= 11 is 0. The molecule has 0 bridgehead atoms. The molecule has 0 amide bonds. The Balaban J connectivity index is 1.99. The van der Waals surface area contributed by atoms with E-state index in [1.54, 1.807) is 24.3 Å². The van der Waals surface area contributed by atoms with Gasteiger partial charge in [0.25, 0.3) is 0 Å². The number of nitriles is 1. The standard InChI is InChI=1S/C19H15N3O3/c1-12(23)25-17-8-7-13(10-18(17)24-2)9-14(11-20)19-21-15-5-3-4-6-16(15)22-19/h3-10H,1-2H3,(H,21,22)/b14-9-. The quantitative estimate of drug-likeness (QED) is 0.448. The highest BCUT2D eigenvalue weighted by Crippen LogP contribution is 2.30. The Labute approximate surface area is 144 Å². The monoisotopic (exact) mass is 333 g/mol. The van der Waals surface area contributed by atoms with Crippen LogP contribution in [0.2, 0.25) is 0 Å². The number of allylic oxidation sites excluding steroid dienone is 1. The van der Waals surface area contributed by atoms with Gasteiger partial charge in [0.05, 0.1) is 23.7 Å². The van der Waals surface area contributed by atoms with Crippen LogP contribution < -0.4 is 9.47 Å². The zero-order valence-corrected chi connectivity index (χ0v) is 13.7. The number of H-pyrrole nitrogens is 1. The molecule has 124 valence electrons. The van der Waals surface area contributed by atoms with Gasteiger partial charge >= 0.3 is 5.97 Å². The number of methoxy groups -OCH3 is 1. The molecule has 0 aliphatic rings. The summed E-state index contributed by atoms with van der Waals surface area (Å²) in [4.78, 5) is 18.7. The number of fused-ring (bicyclic) bond motifs is 1. The Hall–Kier alpha value is -3.59. The maximum atomic E-state index is 11.1. The van der Waals surface area contributed by atoms with Gasteiger partial charge in [0.2, 0.25) is 0 Å². The van der Waals surface area contributed by atoms with Crippen molar-refractivity contribution < 1.29 is 14.3 Å². The fourth-order valence-electron chi connectivity index (χ4n) is 2.41. The van der Waals surface area contributed by atoms with E-state index in [1.165, 1.54) is 14.0 Å². The first-order valence-corrected chi connectivity index (χ1v) is 7.54. The minimum atomic E-state index is -0.429. The molecule has 1 N–H and O–H groups in total.